The van der Waals surface area contributed by atoms with Gasteiger partial charge in [0.2, 0.25) is 6.35 Å². The van der Waals surface area contributed by atoms with Crippen LogP contribution in [0.2, 0.25) is 0 Å². The second kappa shape index (κ2) is 3.99. The molecule has 0 radical (unpaired) electrons. The number of hydrogen-bond acceptors (Lipinski definition) is 5. The van der Waals surface area contributed by atoms with Crippen LogP contribution in [0.25, 0.3) is 0 Å². The van der Waals surface area contributed by atoms with Crippen LogP contribution in [0.3, 0.4) is 0 Å². The summed E-state index contributed by atoms with van der Waals surface area (Å²) in [7, 11) is 0. The molecule has 2 rings (SSSR count). The van der Waals surface area contributed by atoms with Gasteiger partial charge in [0.15, 0.2) is 6.29 Å². The van der Waals surface area contributed by atoms with Gasteiger partial charge in [-0.2, -0.15) is 0 Å². The van der Waals surface area contributed by atoms with E-state index in [9.17, 15) is 10.2 Å². The van der Waals surface area contributed by atoms with E-state index < -0.39 is 12.6 Å². The summed E-state index contributed by atoms with van der Waals surface area (Å²) in [6.07, 6.45) is 3.62. The third-order valence-corrected chi connectivity index (χ3v) is 3.49. The van der Waals surface area contributed by atoms with Crippen LogP contribution in [0.5, 0.6) is 0 Å². The van der Waals surface area contributed by atoms with Gasteiger partial charge < -0.3 is 10.2 Å². The Morgan fingerprint density at radius 3 is 2.47 bits per heavy atom. The fourth-order valence-corrected chi connectivity index (χ4v) is 2.40. The highest BCUT2D eigenvalue weighted by atomic mass is 16.9. The highest BCUT2D eigenvalue weighted by Crippen LogP contribution is 2.54. The van der Waals surface area contributed by atoms with Crippen LogP contribution in [-0.2, 0) is 4.84 Å². The van der Waals surface area contributed by atoms with E-state index >= 15 is 0 Å². The molecule has 3 atom stereocenters. The first kappa shape index (κ1) is 11.3. The molecule has 1 aliphatic carbocycles. The van der Waals surface area contributed by atoms with Crippen molar-refractivity contribution in [1.82, 2.24) is 5.06 Å². The fourth-order valence-electron chi connectivity index (χ4n) is 2.40. The normalized spacial score (nSPS) is 34.2. The van der Waals surface area contributed by atoms with Crippen molar-refractivity contribution in [3.63, 3.8) is 0 Å². The number of hydroxylamine groups is 2. The molecule has 0 spiro atoms. The molecule has 0 aromatic heterocycles. The minimum Gasteiger partial charge on any atom is -0.367 e. The molecule has 2 aliphatic rings. The van der Waals surface area contributed by atoms with Gasteiger partial charge >= 0.3 is 0 Å². The van der Waals surface area contributed by atoms with Crippen LogP contribution in [0.15, 0.2) is 0 Å². The monoisotopic (exact) mass is 216 g/mol. The number of hydrogen-bond donors (Lipinski definition) is 3. The second-order valence-electron chi connectivity index (χ2n) is 4.79. The van der Waals surface area contributed by atoms with E-state index in [2.05, 4.69) is 6.92 Å². The number of rotatable bonds is 6. The molecule has 15 heavy (non-hydrogen) atoms. The summed E-state index contributed by atoms with van der Waals surface area (Å²) in [6.45, 7) is 2.16. The molecule has 2 unspecified atom stereocenters. The van der Waals surface area contributed by atoms with Gasteiger partial charge in [0.25, 0.3) is 0 Å². The lowest BCUT2D eigenvalue weighted by atomic mass is 9.92. The smallest absolute Gasteiger partial charge is 0.205 e. The Balaban J connectivity index is 1.89. The molecule has 0 amide bonds. The molecule has 0 aromatic rings. The van der Waals surface area contributed by atoms with Crippen LogP contribution in [0.1, 0.15) is 39.0 Å². The van der Waals surface area contributed by atoms with Gasteiger partial charge in [0, 0.05) is 0 Å². The molecule has 4 N–H and O–H groups in total. The van der Waals surface area contributed by atoms with Crippen LogP contribution < -0.4 is 5.73 Å². The predicted octanol–water partition coefficient (Wildman–Crippen LogP) is 0.126. The molecule has 0 aromatic carbocycles. The summed E-state index contributed by atoms with van der Waals surface area (Å²) in [5, 5.41) is 20.0. The maximum absolute atomic E-state index is 9.28. The predicted molar refractivity (Wildman–Crippen MR) is 54.1 cm³/mol. The Morgan fingerprint density at radius 1 is 1.53 bits per heavy atom. The lowest BCUT2D eigenvalue weighted by Crippen LogP contribution is -2.37. The van der Waals surface area contributed by atoms with Crippen LogP contribution in [0, 0.1) is 5.41 Å². The Labute approximate surface area is 89.8 Å². The highest BCUT2D eigenvalue weighted by molar-refractivity contribution is 4.96. The minimum atomic E-state index is -1.37. The van der Waals surface area contributed by atoms with E-state index in [1.54, 1.807) is 0 Å². The van der Waals surface area contributed by atoms with Gasteiger partial charge in [-0.25, -0.2) is 0 Å². The van der Waals surface area contributed by atoms with Crippen molar-refractivity contribution in [2.75, 3.05) is 0 Å². The van der Waals surface area contributed by atoms with Gasteiger partial charge in [-0.3, -0.25) is 10.6 Å². The average Bonchev–Trinajstić information content (AvgIpc) is 3.03. The summed E-state index contributed by atoms with van der Waals surface area (Å²) < 4.78 is 0. The van der Waals surface area contributed by atoms with Crippen LogP contribution in [-0.4, -0.2) is 34.0 Å². The standard InChI is InChI=1S/C10H20N2O3/c1-2-3-10(4-5-10)6-7(8(13)14)12-9(11)15-12/h7-9,13-14H,2-6,11H2,1H3/t7?,9?,12-/m1/s1. The van der Waals surface area contributed by atoms with Crippen LogP contribution in [0.4, 0.5) is 0 Å². The molecule has 1 saturated heterocycles. The summed E-state index contributed by atoms with van der Waals surface area (Å²) >= 11 is 0. The number of aliphatic hydroxyl groups is 2. The summed E-state index contributed by atoms with van der Waals surface area (Å²) in [5.74, 6) is 0. The lowest BCUT2D eigenvalue weighted by Gasteiger charge is -2.23. The summed E-state index contributed by atoms with van der Waals surface area (Å²) in [6, 6.07) is -0.367. The molecule has 1 aliphatic heterocycles. The molecular formula is C10H20N2O3. The molecule has 88 valence electrons. The van der Waals surface area contributed by atoms with Crippen molar-refractivity contribution in [2.24, 2.45) is 11.1 Å². The zero-order chi connectivity index (χ0) is 11.1. The van der Waals surface area contributed by atoms with E-state index in [-0.39, 0.29) is 6.04 Å². The summed E-state index contributed by atoms with van der Waals surface area (Å²) in [4.78, 5) is 4.98. The van der Waals surface area contributed by atoms with E-state index in [1.165, 1.54) is 17.9 Å². The quantitative estimate of drug-likeness (QED) is 0.434. The van der Waals surface area contributed by atoms with Crippen molar-refractivity contribution in [3.05, 3.63) is 0 Å². The maximum atomic E-state index is 9.28. The van der Waals surface area contributed by atoms with E-state index in [0.29, 0.717) is 5.41 Å². The molecule has 5 heteroatoms. The van der Waals surface area contributed by atoms with Gasteiger partial charge in [-0.1, -0.05) is 13.3 Å². The lowest BCUT2D eigenvalue weighted by molar-refractivity contribution is -0.110. The molecule has 5 nitrogen and oxygen atoms in total. The second-order valence-corrected chi connectivity index (χ2v) is 4.79. The SMILES string of the molecule is CCCC1(CC(C(O)O)[N@@]2OC2N)CC1. The number of aliphatic hydroxyl groups excluding tert-OH is 1. The summed E-state index contributed by atoms with van der Waals surface area (Å²) in [5.41, 5.74) is 5.81. The third-order valence-electron chi connectivity index (χ3n) is 3.49. The number of nitrogens with two attached hydrogens (primary N) is 1. The largest absolute Gasteiger partial charge is 0.367 e. The topological polar surface area (TPSA) is 82.0 Å². The first-order valence-corrected chi connectivity index (χ1v) is 5.65. The first-order chi connectivity index (χ1) is 7.08. The van der Waals surface area contributed by atoms with E-state index in [0.717, 1.165) is 19.3 Å². The van der Waals surface area contributed by atoms with Crippen molar-refractivity contribution >= 4 is 0 Å². The van der Waals surface area contributed by atoms with Crippen LogP contribution >= 0.6 is 0 Å². The Morgan fingerprint density at radius 2 is 2.13 bits per heavy atom. The Bertz CT molecular complexity index is 231. The molecular weight excluding hydrogens is 196 g/mol. The van der Waals surface area contributed by atoms with Crippen molar-refractivity contribution in [1.29, 1.82) is 0 Å². The first-order valence-electron chi connectivity index (χ1n) is 5.65. The zero-order valence-electron chi connectivity index (χ0n) is 9.09. The zero-order valence-corrected chi connectivity index (χ0v) is 9.09. The number of nitrogens with zero attached hydrogens (tertiary/aromatic N) is 1. The van der Waals surface area contributed by atoms with Gasteiger partial charge in [-0.05, 0) is 31.1 Å². The van der Waals surface area contributed by atoms with Gasteiger partial charge in [-0.15, -0.1) is 5.06 Å². The molecule has 1 heterocycles. The molecule has 1 saturated carbocycles. The molecule has 2 fully saturated rings. The maximum Gasteiger partial charge on any atom is 0.205 e. The fraction of sp³-hybridized carbons (Fsp3) is 1.00. The minimum absolute atomic E-state index is 0.314. The van der Waals surface area contributed by atoms with Gasteiger partial charge in [0.1, 0.15) is 0 Å². The van der Waals surface area contributed by atoms with E-state index in [1.807, 2.05) is 0 Å². The average molecular weight is 216 g/mol. The highest BCUT2D eigenvalue weighted by Gasteiger charge is 2.50. The van der Waals surface area contributed by atoms with E-state index in [4.69, 9.17) is 10.6 Å². The van der Waals surface area contributed by atoms with Gasteiger partial charge in [0.05, 0.1) is 6.04 Å². The van der Waals surface area contributed by atoms with Crippen molar-refractivity contribution in [2.45, 2.75) is 57.7 Å². The Kier molecular flexibility index (Phi) is 3.00. The van der Waals surface area contributed by atoms with Crippen molar-refractivity contribution in [3.8, 4) is 0 Å². The van der Waals surface area contributed by atoms with Crippen molar-refractivity contribution < 1.29 is 15.1 Å². The Hall–Kier alpha value is -0.200. The molecule has 0 bridgehead atoms. The third kappa shape index (κ3) is 2.49.